The van der Waals surface area contributed by atoms with Gasteiger partial charge in [0.05, 0.1) is 24.6 Å². The predicted molar refractivity (Wildman–Crippen MR) is 113 cm³/mol. The van der Waals surface area contributed by atoms with Gasteiger partial charge in [0.2, 0.25) is 0 Å². The molecule has 0 nitrogen and oxygen atoms in total. The maximum absolute atomic E-state index is 3.12. The van der Waals surface area contributed by atoms with Crippen LogP contribution in [0.1, 0.15) is 79.1 Å². The third kappa shape index (κ3) is 18.6. The van der Waals surface area contributed by atoms with Crippen LogP contribution in [-0.4, -0.2) is 24.6 Å². The molecule has 0 heterocycles. The number of unbranched alkanes of at least 4 members (excludes halogenated alkanes) is 4. The molecule has 0 saturated heterocycles. The first-order valence-corrected chi connectivity index (χ1v) is 17.9. The van der Waals surface area contributed by atoms with Crippen molar-refractivity contribution in [2.75, 3.05) is 24.6 Å². The van der Waals surface area contributed by atoms with Crippen LogP contribution in [0.2, 0.25) is 0 Å². The minimum absolute atomic E-state index is 0.125. The van der Waals surface area contributed by atoms with Crippen LogP contribution >= 0.6 is 49.6 Å². The zero-order valence-corrected chi connectivity index (χ0v) is 21.0. The second-order valence-corrected chi connectivity index (χ2v) is 24.5. The molecule has 0 aliphatic rings. The topological polar surface area (TPSA) is 0 Å². The van der Waals surface area contributed by atoms with Gasteiger partial charge in [-0.3, -0.25) is 0 Å². The first kappa shape index (κ1) is 25.6. The Kier molecular flexibility index (Phi) is 22.9. The summed E-state index contributed by atoms with van der Waals surface area (Å²) < 4.78 is 0. The van der Waals surface area contributed by atoms with Gasteiger partial charge in [0.25, 0.3) is 0 Å². The minimum atomic E-state index is -0.562. The molecular formula is C16H36Br3CuP. The van der Waals surface area contributed by atoms with Gasteiger partial charge in [0, 0.05) is 7.26 Å². The predicted octanol–water partition coefficient (Wildman–Crippen LogP) is 8.74. The van der Waals surface area contributed by atoms with Crippen molar-refractivity contribution in [3.8, 4) is 0 Å². The molecule has 5 heteroatoms. The average molecular weight is 563 g/mol. The second kappa shape index (κ2) is 18.7. The van der Waals surface area contributed by atoms with Crippen LogP contribution in [0.5, 0.6) is 0 Å². The Morgan fingerprint density at radius 1 is 0.571 bits per heavy atom. The van der Waals surface area contributed by atoms with E-state index in [4.69, 9.17) is 0 Å². The molecule has 0 unspecified atom stereocenters. The molecule has 0 aliphatic heterocycles. The normalized spacial score (nSPS) is 11.9. The first-order valence-electron chi connectivity index (χ1n) is 8.44. The van der Waals surface area contributed by atoms with Crippen LogP contribution < -0.4 is 0 Å². The summed E-state index contributed by atoms with van der Waals surface area (Å²) in [5.41, 5.74) is 0. The fraction of sp³-hybridized carbons (Fsp3) is 1.00. The zero-order chi connectivity index (χ0) is 16.6. The Balaban J connectivity index is 0. The van der Waals surface area contributed by atoms with Crippen LogP contribution in [0.3, 0.4) is 0 Å². The Bertz CT molecular complexity index is 164. The number of halogens is 3. The van der Waals surface area contributed by atoms with Crippen molar-refractivity contribution in [1.82, 2.24) is 0 Å². The SMILES string of the molecule is CCCC[P+](CCCC)(CCCC)CCCC.[Br][Cu-]([Br])[Br]. The number of rotatable bonds is 12. The number of hydrogen-bond donors (Lipinski definition) is 0. The van der Waals surface area contributed by atoms with Gasteiger partial charge in [0.1, 0.15) is 0 Å². The fourth-order valence-corrected chi connectivity index (χ4v) is 7.93. The van der Waals surface area contributed by atoms with Crippen molar-refractivity contribution in [2.45, 2.75) is 79.1 Å². The van der Waals surface area contributed by atoms with Crippen LogP contribution in [0.4, 0.5) is 0 Å². The molecule has 0 aromatic carbocycles. The van der Waals surface area contributed by atoms with E-state index in [0.717, 1.165) is 0 Å². The van der Waals surface area contributed by atoms with Crippen LogP contribution in [0.15, 0.2) is 0 Å². The van der Waals surface area contributed by atoms with E-state index >= 15 is 0 Å². The second-order valence-electron chi connectivity index (χ2n) is 5.78. The summed E-state index contributed by atoms with van der Waals surface area (Å²) >= 11 is 9.38. The van der Waals surface area contributed by atoms with Gasteiger partial charge in [-0.05, 0) is 25.7 Å². The van der Waals surface area contributed by atoms with E-state index in [1.54, 1.807) is 24.6 Å². The van der Waals surface area contributed by atoms with Gasteiger partial charge >= 0.3 is 50.8 Å². The maximum atomic E-state index is 3.12. The molecule has 0 atom stereocenters. The van der Waals surface area contributed by atoms with Gasteiger partial charge in [-0.1, -0.05) is 53.4 Å². The van der Waals surface area contributed by atoms with Gasteiger partial charge in [-0.25, -0.2) is 0 Å². The van der Waals surface area contributed by atoms with E-state index in [2.05, 4.69) is 70.0 Å². The summed E-state index contributed by atoms with van der Waals surface area (Å²) in [6, 6.07) is 0. The first-order chi connectivity index (χ1) is 9.97. The monoisotopic (exact) mass is 559 g/mol. The van der Waals surface area contributed by atoms with Crippen molar-refractivity contribution >= 4 is 49.6 Å². The third-order valence-electron chi connectivity index (χ3n) is 3.94. The van der Waals surface area contributed by atoms with E-state index in [1.165, 1.54) is 51.4 Å². The molecule has 0 aromatic heterocycles. The molecule has 0 aromatic rings. The summed E-state index contributed by atoms with van der Waals surface area (Å²) in [6.07, 6.45) is 17.9. The molecule has 0 N–H and O–H groups in total. The molecule has 137 valence electrons. The molecule has 0 rings (SSSR count). The molecule has 0 amide bonds. The summed E-state index contributed by atoms with van der Waals surface area (Å²) in [7, 11) is -0.437. The molecular weight excluding hydrogens is 526 g/mol. The van der Waals surface area contributed by atoms with E-state index < -0.39 is 7.26 Å². The van der Waals surface area contributed by atoms with Crippen LogP contribution in [-0.2, 0) is 8.48 Å². The third-order valence-corrected chi connectivity index (χ3v) is 9.00. The van der Waals surface area contributed by atoms with E-state index in [0.29, 0.717) is 0 Å². The molecule has 0 saturated carbocycles. The van der Waals surface area contributed by atoms with E-state index in [9.17, 15) is 0 Å². The summed E-state index contributed by atoms with van der Waals surface area (Å²) in [4.78, 5) is 0. The molecule has 0 radical (unpaired) electrons. The van der Waals surface area contributed by atoms with Crippen molar-refractivity contribution < 1.29 is 8.48 Å². The van der Waals surface area contributed by atoms with E-state index in [-0.39, 0.29) is 8.48 Å². The Morgan fingerprint density at radius 3 is 0.905 bits per heavy atom. The molecule has 21 heavy (non-hydrogen) atoms. The van der Waals surface area contributed by atoms with Crippen LogP contribution in [0, 0.1) is 0 Å². The fourth-order valence-electron chi connectivity index (χ4n) is 2.64. The standard InChI is InChI=1S/C16H36P.3BrH.Cu/c1-5-9-13-17(14-10-6-2,15-11-7-3)16-12-8-4;;;;/h5-16H2,1-4H3;3*1H;/q+1;;;;+2/p-3. The van der Waals surface area contributed by atoms with Gasteiger partial charge in [0.15, 0.2) is 0 Å². The van der Waals surface area contributed by atoms with Gasteiger partial charge in [-0.15, -0.1) is 0 Å². The number of hydrogen-bond acceptors (Lipinski definition) is 0. The van der Waals surface area contributed by atoms with Gasteiger partial charge < -0.3 is 0 Å². The van der Waals surface area contributed by atoms with Crippen LogP contribution in [0.25, 0.3) is 0 Å². The molecule has 0 fully saturated rings. The summed E-state index contributed by atoms with van der Waals surface area (Å²) in [5.74, 6) is 0. The average Bonchev–Trinajstić information content (AvgIpc) is 2.45. The Morgan fingerprint density at radius 2 is 0.762 bits per heavy atom. The van der Waals surface area contributed by atoms with Gasteiger partial charge in [-0.2, -0.15) is 0 Å². The quantitative estimate of drug-likeness (QED) is 0.165. The Labute approximate surface area is 160 Å². The van der Waals surface area contributed by atoms with E-state index in [1.807, 2.05) is 0 Å². The van der Waals surface area contributed by atoms with Crippen molar-refractivity contribution in [1.29, 1.82) is 0 Å². The zero-order valence-electron chi connectivity index (χ0n) is 14.4. The molecule has 0 aliphatic carbocycles. The molecule has 0 bridgehead atoms. The molecule has 0 spiro atoms. The van der Waals surface area contributed by atoms with Crippen molar-refractivity contribution in [3.63, 3.8) is 0 Å². The van der Waals surface area contributed by atoms with Crippen molar-refractivity contribution in [2.24, 2.45) is 0 Å². The summed E-state index contributed by atoms with van der Waals surface area (Å²) in [5, 5.41) is 0. The van der Waals surface area contributed by atoms with Crippen molar-refractivity contribution in [3.05, 3.63) is 0 Å². The summed E-state index contributed by atoms with van der Waals surface area (Å²) in [6.45, 7) is 9.42. The Hall–Kier alpha value is 2.39.